The van der Waals surface area contributed by atoms with Crippen molar-refractivity contribution in [1.29, 1.82) is 0 Å². The smallest absolute Gasteiger partial charge is 0.323 e. The largest absolute Gasteiger partial charge is 0.480 e. The van der Waals surface area contributed by atoms with Gasteiger partial charge in [0.1, 0.15) is 6.54 Å². The van der Waals surface area contributed by atoms with Crippen LogP contribution in [0.3, 0.4) is 0 Å². The molecule has 0 fully saturated rings. The van der Waals surface area contributed by atoms with E-state index in [9.17, 15) is 9.59 Å². The second kappa shape index (κ2) is 6.93. The van der Waals surface area contributed by atoms with E-state index in [0.717, 1.165) is 11.1 Å². The molecule has 0 unspecified atom stereocenters. The molecule has 0 aliphatic rings. The Hall–Kier alpha value is -2.56. The van der Waals surface area contributed by atoms with E-state index in [2.05, 4.69) is 0 Å². The Morgan fingerprint density at radius 1 is 1.23 bits per heavy atom. The first-order valence-electron chi connectivity index (χ1n) is 7.11. The van der Waals surface area contributed by atoms with Crippen molar-refractivity contribution in [2.24, 2.45) is 5.92 Å². The summed E-state index contributed by atoms with van der Waals surface area (Å²) in [4.78, 5) is 24.9. The second-order valence-electron chi connectivity index (χ2n) is 5.57. The fourth-order valence-corrected chi connectivity index (χ4v) is 2.27. The molecule has 116 valence electrons. The molecule has 5 heteroatoms. The van der Waals surface area contributed by atoms with Crippen LogP contribution in [-0.4, -0.2) is 35.0 Å². The number of furan rings is 1. The third kappa shape index (κ3) is 3.97. The predicted octanol–water partition coefficient (Wildman–Crippen LogP) is 3.13. The lowest BCUT2D eigenvalue weighted by Gasteiger charge is -2.23. The van der Waals surface area contributed by atoms with Crippen LogP contribution in [0.1, 0.15) is 24.2 Å². The van der Waals surface area contributed by atoms with Crippen molar-refractivity contribution in [1.82, 2.24) is 4.90 Å². The van der Waals surface area contributed by atoms with Gasteiger partial charge in [0.2, 0.25) is 0 Å². The quantitative estimate of drug-likeness (QED) is 0.890. The van der Waals surface area contributed by atoms with Crippen molar-refractivity contribution in [3.63, 3.8) is 0 Å². The number of hydrogen-bond donors (Lipinski definition) is 1. The Kier molecular flexibility index (Phi) is 4.99. The molecular formula is C17H19NO4. The highest BCUT2D eigenvalue weighted by atomic mass is 16.4. The molecule has 0 radical (unpaired) electrons. The molecule has 0 atom stereocenters. The van der Waals surface area contributed by atoms with E-state index in [-0.39, 0.29) is 18.4 Å². The fourth-order valence-electron chi connectivity index (χ4n) is 2.27. The highest BCUT2D eigenvalue weighted by Crippen LogP contribution is 2.21. The minimum Gasteiger partial charge on any atom is -0.480 e. The minimum atomic E-state index is -1.01. The third-order valence-corrected chi connectivity index (χ3v) is 3.16. The minimum absolute atomic E-state index is 0.195. The summed E-state index contributed by atoms with van der Waals surface area (Å²) < 4.78 is 5.05. The number of hydrogen-bond acceptors (Lipinski definition) is 3. The second-order valence-corrected chi connectivity index (χ2v) is 5.57. The van der Waals surface area contributed by atoms with Crippen LogP contribution in [0.2, 0.25) is 0 Å². The molecule has 1 amide bonds. The molecule has 2 rings (SSSR count). The van der Waals surface area contributed by atoms with E-state index in [1.54, 1.807) is 30.7 Å². The number of amides is 1. The Labute approximate surface area is 129 Å². The Morgan fingerprint density at radius 2 is 2.00 bits per heavy atom. The Balaban J connectivity index is 2.26. The first-order chi connectivity index (χ1) is 10.5. The topological polar surface area (TPSA) is 70.8 Å². The Bertz CT molecular complexity index is 646. The van der Waals surface area contributed by atoms with Crippen LogP contribution in [0.25, 0.3) is 11.1 Å². The zero-order valence-electron chi connectivity index (χ0n) is 12.7. The maximum Gasteiger partial charge on any atom is 0.323 e. The van der Waals surface area contributed by atoms with Crippen LogP contribution in [0.5, 0.6) is 0 Å². The zero-order chi connectivity index (χ0) is 16.1. The van der Waals surface area contributed by atoms with Gasteiger partial charge in [0.05, 0.1) is 12.5 Å². The molecule has 0 aliphatic carbocycles. The summed E-state index contributed by atoms with van der Waals surface area (Å²) in [6.07, 6.45) is 3.17. The summed E-state index contributed by atoms with van der Waals surface area (Å²) in [6, 6.07) is 8.92. The predicted molar refractivity (Wildman–Crippen MR) is 82.5 cm³/mol. The van der Waals surface area contributed by atoms with Crippen molar-refractivity contribution < 1.29 is 19.1 Å². The van der Waals surface area contributed by atoms with Crippen molar-refractivity contribution in [2.45, 2.75) is 13.8 Å². The standard InChI is InChI=1S/C17H19NO4/c1-12(2)9-18(10-16(19)20)17(21)14-5-3-4-13(8-14)15-6-7-22-11-15/h3-8,11-12H,9-10H2,1-2H3,(H,19,20). The van der Waals surface area contributed by atoms with Gasteiger partial charge < -0.3 is 14.4 Å². The van der Waals surface area contributed by atoms with E-state index in [1.165, 1.54) is 4.90 Å². The van der Waals surface area contributed by atoms with E-state index in [0.29, 0.717) is 12.1 Å². The fraction of sp³-hybridized carbons (Fsp3) is 0.294. The van der Waals surface area contributed by atoms with Gasteiger partial charge in [-0.3, -0.25) is 9.59 Å². The number of carboxylic acid groups (broad SMARTS) is 1. The lowest BCUT2D eigenvalue weighted by Crippen LogP contribution is -2.38. The number of carboxylic acids is 1. The normalized spacial score (nSPS) is 10.7. The zero-order valence-corrected chi connectivity index (χ0v) is 12.7. The molecule has 1 aromatic heterocycles. The summed E-state index contributed by atoms with van der Waals surface area (Å²) in [7, 11) is 0. The molecule has 0 spiro atoms. The number of nitrogens with zero attached hydrogens (tertiary/aromatic N) is 1. The summed E-state index contributed by atoms with van der Waals surface area (Å²) in [5, 5.41) is 8.99. The summed E-state index contributed by atoms with van der Waals surface area (Å²) in [6.45, 7) is 4.00. The highest BCUT2D eigenvalue weighted by Gasteiger charge is 2.20. The average molecular weight is 301 g/mol. The van der Waals surface area contributed by atoms with E-state index in [4.69, 9.17) is 9.52 Å². The lowest BCUT2D eigenvalue weighted by atomic mass is 10.0. The van der Waals surface area contributed by atoms with E-state index >= 15 is 0 Å². The van der Waals surface area contributed by atoms with Gasteiger partial charge in [0, 0.05) is 17.7 Å². The van der Waals surface area contributed by atoms with Crippen LogP contribution >= 0.6 is 0 Å². The SMILES string of the molecule is CC(C)CN(CC(=O)O)C(=O)c1cccc(-c2ccoc2)c1. The van der Waals surface area contributed by atoms with Crippen molar-refractivity contribution in [3.8, 4) is 11.1 Å². The molecular weight excluding hydrogens is 282 g/mol. The maximum absolute atomic E-state index is 12.6. The maximum atomic E-state index is 12.6. The number of carbonyl (C=O) groups is 2. The molecule has 5 nitrogen and oxygen atoms in total. The van der Waals surface area contributed by atoms with Gasteiger partial charge in [0.25, 0.3) is 5.91 Å². The molecule has 0 bridgehead atoms. The van der Waals surface area contributed by atoms with Crippen LogP contribution < -0.4 is 0 Å². The molecule has 0 saturated heterocycles. The van der Waals surface area contributed by atoms with Gasteiger partial charge in [-0.25, -0.2) is 0 Å². The van der Waals surface area contributed by atoms with Crippen LogP contribution in [-0.2, 0) is 4.79 Å². The van der Waals surface area contributed by atoms with Gasteiger partial charge in [-0.15, -0.1) is 0 Å². The number of carbonyl (C=O) groups excluding carboxylic acids is 1. The van der Waals surface area contributed by atoms with Gasteiger partial charge in [0.15, 0.2) is 0 Å². The Morgan fingerprint density at radius 3 is 2.59 bits per heavy atom. The molecule has 1 N–H and O–H groups in total. The van der Waals surface area contributed by atoms with Gasteiger partial charge in [-0.2, -0.15) is 0 Å². The van der Waals surface area contributed by atoms with Crippen molar-refractivity contribution >= 4 is 11.9 Å². The van der Waals surface area contributed by atoms with Gasteiger partial charge in [-0.1, -0.05) is 26.0 Å². The monoisotopic (exact) mass is 301 g/mol. The first-order valence-corrected chi connectivity index (χ1v) is 7.11. The van der Waals surface area contributed by atoms with Crippen LogP contribution in [0.4, 0.5) is 0 Å². The van der Waals surface area contributed by atoms with Gasteiger partial charge in [-0.05, 0) is 29.7 Å². The molecule has 1 heterocycles. The third-order valence-electron chi connectivity index (χ3n) is 3.16. The lowest BCUT2D eigenvalue weighted by molar-refractivity contribution is -0.137. The number of rotatable bonds is 6. The molecule has 22 heavy (non-hydrogen) atoms. The number of benzene rings is 1. The highest BCUT2D eigenvalue weighted by molar-refractivity contribution is 5.97. The molecule has 1 aromatic carbocycles. The summed E-state index contributed by atoms with van der Waals surface area (Å²) in [5.74, 6) is -1.10. The van der Waals surface area contributed by atoms with Crippen LogP contribution in [0.15, 0.2) is 47.3 Å². The van der Waals surface area contributed by atoms with Crippen LogP contribution in [0, 0.1) is 5.92 Å². The van der Waals surface area contributed by atoms with Crippen molar-refractivity contribution in [3.05, 3.63) is 48.4 Å². The van der Waals surface area contributed by atoms with Gasteiger partial charge >= 0.3 is 5.97 Å². The first kappa shape index (κ1) is 15.8. The summed E-state index contributed by atoms with van der Waals surface area (Å²) in [5.41, 5.74) is 2.21. The summed E-state index contributed by atoms with van der Waals surface area (Å²) >= 11 is 0. The number of aliphatic carboxylic acids is 1. The van der Waals surface area contributed by atoms with Crippen molar-refractivity contribution in [2.75, 3.05) is 13.1 Å². The molecule has 0 aliphatic heterocycles. The molecule has 2 aromatic rings. The van der Waals surface area contributed by atoms with E-state index < -0.39 is 5.97 Å². The van der Waals surface area contributed by atoms with E-state index in [1.807, 2.05) is 26.0 Å². The molecule has 0 saturated carbocycles. The average Bonchev–Trinajstić information content (AvgIpc) is 2.99.